The largest absolute Gasteiger partial charge is 0.444 e. The Bertz CT molecular complexity index is 1600. The normalized spacial score (nSPS) is 22.2. The predicted molar refractivity (Wildman–Crippen MR) is 155 cm³/mol. The minimum atomic E-state index is -3.60. The average Bonchev–Trinajstić information content (AvgIpc) is 3.26. The van der Waals surface area contributed by atoms with Gasteiger partial charge < -0.3 is 20.1 Å². The lowest BCUT2D eigenvalue weighted by atomic mass is 10.00. The third kappa shape index (κ3) is 6.08. The molecule has 2 atom stereocenters. The summed E-state index contributed by atoms with van der Waals surface area (Å²) in [5.74, 6) is 0.250. The van der Waals surface area contributed by atoms with Crippen molar-refractivity contribution in [3.8, 4) is 0 Å². The summed E-state index contributed by atoms with van der Waals surface area (Å²) < 4.78 is 33.6. The molecule has 1 aromatic carbocycles. The number of carbonyl (C=O) groups excluding carboxylic acids is 1. The van der Waals surface area contributed by atoms with E-state index >= 15 is 0 Å². The number of rotatable bonds is 5. The lowest BCUT2D eigenvalue weighted by Crippen LogP contribution is -2.44. The fourth-order valence-corrected chi connectivity index (χ4v) is 7.39. The number of nitrogens with zero attached hydrogens (tertiary/aromatic N) is 4. The summed E-state index contributed by atoms with van der Waals surface area (Å²) >= 11 is 0. The van der Waals surface area contributed by atoms with E-state index in [0.29, 0.717) is 55.5 Å². The van der Waals surface area contributed by atoms with Crippen molar-refractivity contribution in [3.05, 3.63) is 52.9 Å². The van der Waals surface area contributed by atoms with Gasteiger partial charge >= 0.3 is 6.09 Å². The Morgan fingerprint density at radius 1 is 1.10 bits per heavy atom. The molecule has 12 heteroatoms. The van der Waals surface area contributed by atoms with Gasteiger partial charge in [-0.1, -0.05) is 0 Å². The molecular formula is C29H37N5O6S. The smallest absolute Gasteiger partial charge is 0.410 e. The Morgan fingerprint density at radius 2 is 1.78 bits per heavy atom. The summed E-state index contributed by atoms with van der Waals surface area (Å²) in [5, 5.41) is 14.1. The van der Waals surface area contributed by atoms with Crippen LogP contribution in [0.2, 0.25) is 0 Å². The van der Waals surface area contributed by atoms with Gasteiger partial charge in [0.25, 0.3) is 5.56 Å². The van der Waals surface area contributed by atoms with Crippen molar-refractivity contribution in [2.75, 3.05) is 18.4 Å². The quantitative estimate of drug-likeness (QED) is 0.452. The number of nitrogens with one attached hydrogen (secondary N) is 1. The zero-order valence-electron chi connectivity index (χ0n) is 23.8. The second kappa shape index (κ2) is 10.7. The van der Waals surface area contributed by atoms with Crippen molar-refractivity contribution < 1.29 is 23.1 Å². The van der Waals surface area contributed by atoms with Crippen molar-refractivity contribution in [1.82, 2.24) is 19.4 Å². The second-order valence-electron chi connectivity index (χ2n) is 12.1. The van der Waals surface area contributed by atoms with E-state index in [2.05, 4.69) is 15.3 Å². The number of amides is 1. The number of sulfone groups is 1. The van der Waals surface area contributed by atoms with E-state index < -0.39 is 32.4 Å². The van der Waals surface area contributed by atoms with Gasteiger partial charge in [0.1, 0.15) is 11.2 Å². The number of pyridine rings is 1. The first kappa shape index (κ1) is 29.0. The molecule has 1 saturated carbocycles. The Kier molecular flexibility index (Phi) is 7.58. The zero-order valence-corrected chi connectivity index (χ0v) is 24.6. The number of likely N-dealkylation sites (tertiary alicyclic amines) is 1. The van der Waals surface area contributed by atoms with Crippen LogP contribution in [0.25, 0.3) is 11.0 Å². The third-order valence-electron chi connectivity index (χ3n) is 7.83. The van der Waals surface area contributed by atoms with Gasteiger partial charge in [0.2, 0.25) is 5.95 Å². The number of aliphatic hydroxyl groups is 1. The number of hydrogen-bond acceptors (Lipinski definition) is 9. The summed E-state index contributed by atoms with van der Waals surface area (Å²) in [6, 6.07) is 9.14. The number of hydrogen-bond donors (Lipinski definition) is 2. The van der Waals surface area contributed by atoms with Gasteiger partial charge in [-0.25, -0.2) is 18.2 Å². The molecule has 1 amide bonds. The van der Waals surface area contributed by atoms with Crippen molar-refractivity contribution in [2.45, 2.75) is 87.2 Å². The Morgan fingerprint density at radius 3 is 2.39 bits per heavy atom. The van der Waals surface area contributed by atoms with Crippen LogP contribution in [0.4, 0.5) is 16.4 Å². The summed E-state index contributed by atoms with van der Waals surface area (Å²) in [6.07, 6.45) is 3.96. The molecule has 3 aromatic rings. The molecule has 41 heavy (non-hydrogen) atoms. The molecule has 1 saturated heterocycles. The molecule has 2 N–H and O–H groups in total. The molecule has 5 rings (SSSR count). The van der Waals surface area contributed by atoms with E-state index in [1.165, 1.54) is 6.07 Å². The maximum Gasteiger partial charge on any atom is 0.410 e. The van der Waals surface area contributed by atoms with Crippen LogP contribution in [-0.4, -0.2) is 68.6 Å². The maximum absolute atomic E-state index is 13.3. The van der Waals surface area contributed by atoms with Crippen molar-refractivity contribution in [1.29, 1.82) is 0 Å². The predicted octanol–water partition coefficient (Wildman–Crippen LogP) is 4.18. The molecule has 1 aliphatic heterocycles. The lowest BCUT2D eigenvalue weighted by molar-refractivity contribution is 0.0216. The average molecular weight is 584 g/mol. The molecule has 2 aromatic heterocycles. The Balaban J connectivity index is 1.30. The van der Waals surface area contributed by atoms with Crippen LogP contribution in [-0.2, 0) is 14.6 Å². The molecule has 11 nitrogen and oxygen atoms in total. The molecule has 2 aliphatic rings. The highest BCUT2D eigenvalue weighted by atomic mass is 32.2. The summed E-state index contributed by atoms with van der Waals surface area (Å²) in [7, 11) is -3.60. The first-order valence-corrected chi connectivity index (χ1v) is 15.5. The van der Waals surface area contributed by atoms with E-state index in [-0.39, 0.29) is 22.4 Å². The highest BCUT2D eigenvalue weighted by molar-refractivity contribution is 7.92. The fraction of sp³-hybridized carbons (Fsp3) is 0.517. The van der Waals surface area contributed by atoms with Crippen LogP contribution in [0.3, 0.4) is 0 Å². The Hall–Kier alpha value is -3.51. The molecule has 0 radical (unpaired) electrons. The molecule has 0 spiro atoms. The molecular weight excluding hydrogens is 546 g/mol. The molecule has 0 bridgehead atoms. The summed E-state index contributed by atoms with van der Waals surface area (Å²) in [6.45, 7) is 7.78. The summed E-state index contributed by atoms with van der Waals surface area (Å²) in [5.41, 5.74) is -0.838. The summed E-state index contributed by atoms with van der Waals surface area (Å²) in [4.78, 5) is 35.9. The topological polar surface area (TPSA) is 144 Å². The van der Waals surface area contributed by atoms with E-state index in [1.54, 1.807) is 73.7 Å². The highest BCUT2D eigenvalue weighted by Gasteiger charge is 2.39. The van der Waals surface area contributed by atoms with Gasteiger partial charge in [-0.15, -0.1) is 0 Å². The van der Waals surface area contributed by atoms with Gasteiger partial charge in [0.15, 0.2) is 9.84 Å². The van der Waals surface area contributed by atoms with Gasteiger partial charge in [-0.3, -0.25) is 9.36 Å². The zero-order chi connectivity index (χ0) is 29.6. The van der Waals surface area contributed by atoms with Crippen LogP contribution in [0.15, 0.2) is 52.3 Å². The number of benzene rings is 1. The molecule has 0 unspecified atom stereocenters. The first-order valence-electron chi connectivity index (χ1n) is 13.9. The fourth-order valence-electron chi connectivity index (χ4n) is 5.66. The van der Waals surface area contributed by atoms with E-state index in [9.17, 15) is 23.1 Å². The first-order chi connectivity index (χ1) is 19.2. The second-order valence-corrected chi connectivity index (χ2v) is 14.4. The number of anilines is 2. The van der Waals surface area contributed by atoms with Crippen LogP contribution < -0.4 is 10.9 Å². The minimum absolute atomic E-state index is 0.204. The van der Waals surface area contributed by atoms with Crippen LogP contribution in [0.1, 0.15) is 65.8 Å². The molecule has 3 heterocycles. The van der Waals surface area contributed by atoms with E-state index in [1.807, 2.05) is 0 Å². The van der Waals surface area contributed by atoms with Crippen LogP contribution in [0, 0.1) is 0 Å². The maximum atomic E-state index is 13.3. The highest BCUT2D eigenvalue weighted by Crippen LogP contribution is 2.39. The number of carbonyl (C=O) groups is 1. The van der Waals surface area contributed by atoms with Crippen LogP contribution >= 0.6 is 0 Å². The van der Waals surface area contributed by atoms with Gasteiger partial charge in [-0.05, 0) is 90.1 Å². The van der Waals surface area contributed by atoms with Gasteiger partial charge in [0.05, 0.1) is 21.8 Å². The standard InChI is InChI=1S/C29H37N5O6S/c1-28(2,3)40-27(36)33-16-13-22(14-17-33)41(38,39)21-10-8-20(9-11-21)31-26-30-18-19-7-12-24(35)34(25(19)32-26)23-6-5-15-29(23,4)37/h7-12,18,22-23,37H,5-6,13-17H2,1-4H3,(H,30,31,32)/t23-,29-/m0/s1. The number of fused-ring (bicyclic) bond motifs is 1. The molecule has 1 aliphatic carbocycles. The van der Waals surface area contributed by atoms with Crippen molar-refractivity contribution in [2.24, 2.45) is 0 Å². The van der Waals surface area contributed by atoms with Crippen molar-refractivity contribution in [3.63, 3.8) is 0 Å². The molecule has 2 fully saturated rings. The Labute approximate surface area is 239 Å². The van der Waals surface area contributed by atoms with E-state index in [0.717, 1.165) is 6.42 Å². The van der Waals surface area contributed by atoms with Crippen molar-refractivity contribution >= 4 is 38.6 Å². The SMILES string of the molecule is CC(C)(C)OC(=O)N1CCC(S(=O)(=O)c2ccc(Nc3ncc4ccc(=O)n([C@H]5CCC[C@]5(C)O)c4n3)cc2)CC1. The lowest BCUT2D eigenvalue weighted by Gasteiger charge is -2.33. The van der Waals surface area contributed by atoms with Crippen LogP contribution in [0.5, 0.6) is 0 Å². The number of ether oxygens (including phenoxy) is 1. The minimum Gasteiger partial charge on any atom is -0.444 e. The number of aromatic nitrogens is 3. The monoisotopic (exact) mass is 583 g/mol. The van der Waals surface area contributed by atoms with Gasteiger partial charge in [-0.2, -0.15) is 4.98 Å². The van der Waals surface area contributed by atoms with Gasteiger partial charge in [0, 0.05) is 36.4 Å². The molecule has 220 valence electrons. The van der Waals surface area contributed by atoms with E-state index in [4.69, 9.17) is 4.74 Å². The number of piperidine rings is 1. The third-order valence-corrected chi connectivity index (χ3v) is 10.1.